The van der Waals surface area contributed by atoms with Crippen LogP contribution in [0.1, 0.15) is 47.6 Å². The molecule has 0 saturated carbocycles. The number of likely N-dealkylation sites (tertiary alicyclic amines) is 1. The van der Waals surface area contributed by atoms with E-state index in [0.717, 1.165) is 42.4 Å². The smallest absolute Gasteiger partial charge is 0.349 e. The van der Waals surface area contributed by atoms with Crippen LogP contribution in [0.25, 0.3) is 11.0 Å². The highest BCUT2D eigenvalue weighted by Crippen LogP contribution is 2.32. The summed E-state index contributed by atoms with van der Waals surface area (Å²) < 4.78 is 10.6. The maximum atomic E-state index is 13.4. The molecule has 28 heavy (non-hydrogen) atoms. The Labute approximate surface area is 163 Å². The van der Waals surface area contributed by atoms with Crippen molar-refractivity contribution in [1.29, 1.82) is 0 Å². The van der Waals surface area contributed by atoms with E-state index in [2.05, 4.69) is 0 Å². The number of carbonyl (C=O) groups is 1. The molecule has 1 atom stereocenters. The minimum absolute atomic E-state index is 0.0632. The van der Waals surface area contributed by atoms with Gasteiger partial charge >= 0.3 is 5.63 Å². The summed E-state index contributed by atoms with van der Waals surface area (Å²) >= 11 is 0. The van der Waals surface area contributed by atoms with Crippen LogP contribution in [0.3, 0.4) is 0 Å². The molecule has 2 aromatic carbocycles. The minimum atomic E-state index is -0.582. The molecule has 1 unspecified atom stereocenters. The van der Waals surface area contributed by atoms with Gasteiger partial charge in [-0.1, -0.05) is 43.2 Å². The largest absolute Gasteiger partial charge is 0.497 e. The van der Waals surface area contributed by atoms with E-state index in [1.165, 1.54) is 0 Å². The highest BCUT2D eigenvalue weighted by Gasteiger charge is 2.29. The Morgan fingerprint density at radius 2 is 1.86 bits per heavy atom. The number of para-hydroxylation sites is 1. The van der Waals surface area contributed by atoms with E-state index in [0.29, 0.717) is 12.1 Å². The first-order chi connectivity index (χ1) is 13.7. The molecule has 0 bridgehead atoms. The van der Waals surface area contributed by atoms with Crippen LogP contribution in [-0.4, -0.2) is 24.5 Å². The molecule has 5 nitrogen and oxygen atoms in total. The Morgan fingerprint density at radius 3 is 2.64 bits per heavy atom. The van der Waals surface area contributed by atoms with Crippen molar-refractivity contribution in [2.24, 2.45) is 0 Å². The molecule has 3 aromatic rings. The van der Waals surface area contributed by atoms with Gasteiger partial charge in [-0.25, -0.2) is 4.79 Å². The molecule has 5 heteroatoms. The summed E-state index contributed by atoms with van der Waals surface area (Å²) in [5, 5.41) is 0.751. The van der Waals surface area contributed by atoms with Gasteiger partial charge < -0.3 is 14.1 Å². The van der Waals surface area contributed by atoms with E-state index in [1.807, 2.05) is 41.3 Å². The molecule has 0 radical (unpaired) electrons. The van der Waals surface area contributed by atoms with Crippen molar-refractivity contribution in [2.75, 3.05) is 13.7 Å². The third kappa shape index (κ3) is 3.52. The molecule has 2 heterocycles. The third-order valence-electron chi connectivity index (χ3n) is 5.39. The molecular weight excluding hydrogens is 354 g/mol. The molecular formula is C23H23NO4. The van der Waals surface area contributed by atoms with E-state index in [-0.39, 0.29) is 17.5 Å². The van der Waals surface area contributed by atoms with Gasteiger partial charge in [0, 0.05) is 11.9 Å². The van der Waals surface area contributed by atoms with Crippen molar-refractivity contribution in [3.8, 4) is 5.75 Å². The first-order valence-electron chi connectivity index (χ1n) is 9.65. The first kappa shape index (κ1) is 18.3. The summed E-state index contributed by atoms with van der Waals surface area (Å²) in [7, 11) is 1.63. The molecule has 0 N–H and O–H groups in total. The Bertz CT molecular complexity index is 1040. The SMILES string of the molecule is COc1ccc(C2CCCCCN2C(=O)c2cc3ccccc3oc2=O)cc1. The van der Waals surface area contributed by atoms with Crippen molar-refractivity contribution >= 4 is 16.9 Å². The van der Waals surface area contributed by atoms with Gasteiger partial charge in [0.1, 0.15) is 16.9 Å². The zero-order valence-corrected chi connectivity index (χ0v) is 15.9. The number of ether oxygens (including phenoxy) is 1. The fraction of sp³-hybridized carbons (Fsp3) is 0.304. The van der Waals surface area contributed by atoms with E-state index < -0.39 is 5.63 Å². The average molecular weight is 377 g/mol. The standard InChI is InChI=1S/C23H23NO4/c1-27-18-12-10-16(11-13-18)20-8-3-2-6-14-24(20)22(25)19-15-17-7-4-5-9-21(17)28-23(19)26/h4-5,7,9-13,15,20H,2-3,6,8,14H2,1H3. The summed E-state index contributed by atoms with van der Waals surface area (Å²) in [4.78, 5) is 27.7. The molecule has 4 rings (SSSR count). The molecule has 1 aliphatic rings. The Morgan fingerprint density at radius 1 is 1.07 bits per heavy atom. The van der Waals surface area contributed by atoms with Crippen molar-refractivity contribution in [3.63, 3.8) is 0 Å². The number of benzene rings is 2. The lowest BCUT2D eigenvalue weighted by atomic mass is 10.00. The van der Waals surface area contributed by atoms with E-state index >= 15 is 0 Å². The van der Waals surface area contributed by atoms with Crippen LogP contribution in [0.15, 0.2) is 63.8 Å². The number of carbonyl (C=O) groups excluding carboxylic acids is 1. The minimum Gasteiger partial charge on any atom is -0.497 e. The summed E-state index contributed by atoms with van der Waals surface area (Å²) in [5.41, 5.74) is 1.06. The second-order valence-electron chi connectivity index (χ2n) is 7.12. The fourth-order valence-corrected chi connectivity index (χ4v) is 3.89. The maximum absolute atomic E-state index is 13.4. The van der Waals surface area contributed by atoms with Gasteiger partial charge in [-0.15, -0.1) is 0 Å². The van der Waals surface area contributed by atoms with E-state index in [1.54, 1.807) is 25.3 Å². The number of fused-ring (bicyclic) bond motifs is 1. The van der Waals surface area contributed by atoms with Crippen LogP contribution in [-0.2, 0) is 0 Å². The number of methoxy groups -OCH3 is 1. The Balaban J connectivity index is 1.72. The summed E-state index contributed by atoms with van der Waals surface area (Å²) in [6, 6.07) is 16.7. The molecule has 1 aliphatic heterocycles. The second kappa shape index (κ2) is 7.89. The highest BCUT2D eigenvalue weighted by molar-refractivity contribution is 5.96. The topological polar surface area (TPSA) is 59.8 Å². The Kier molecular flexibility index (Phi) is 5.15. The number of hydrogen-bond acceptors (Lipinski definition) is 4. The normalized spacial score (nSPS) is 17.3. The van der Waals surface area contributed by atoms with Crippen molar-refractivity contribution < 1.29 is 13.9 Å². The van der Waals surface area contributed by atoms with Gasteiger partial charge in [0.2, 0.25) is 0 Å². The molecule has 1 aromatic heterocycles. The number of amides is 1. The molecule has 144 valence electrons. The monoisotopic (exact) mass is 377 g/mol. The zero-order valence-electron chi connectivity index (χ0n) is 15.9. The Hall–Kier alpha value is -3.08. The fourth-order valence-electron chi connectivity index (χ4n) is 3.89. The summed E-state index contributed by atoms with van der Waals surface area (Å²) in [5.74, 6) is 0.521. The lowest BCUT2D eigenvalue weighted by Gasteiger charge is -2.30. The van der Waals surface area contributed by atoms with Gasteiger partial charge in [0.25, 0.3) is 5.91 Å². The van der Waals surface area contributed by atoms with Gasteiger partial charge in [-0.2, -0.15) is 0 Å². The van der Waals surface area contributed by atoms with Crippen molar-refractivity contribution in [1.82, 2.24) is 4.90 Å². The number of nitrogens with zero attached hydrogens (tertiary/aromatic N) is 1. The number of rotatable bonds is 3. The van der Waals surface area contributed by atoms with Crippen LogP contribution in [0.2, 0.25) is 0 Å². The predicted octanol–water partition coefficient (Wildman–Crippen LogP) is 4.56. The van der Waals surface area contributed by atoms with Crippen molar-refractivity contribution in [2.45, 2.75) is 31.7 Å². The van der Waals surface area contributed by atoms with Crippen molar-refractivity contribution in [3.05, 3.63) is 76.1 Å². The lowest BCUT2D eigenvalue weighted by Crippen LogP contribution is -2.37. The third-order valence-corrected chi connectivity index (χ3v) is 5.39. The van der Waals surface area contributed by atoms with E-state index in [9.17, 15) is 9.59 Å². The molecule has 0 aliphatic carbocycles. The van der Waals surface area contributed by atoms with Crippen LogP contribution >= 0.6 is 0 Å². The zero-order chi connectivity index (χ0) is 19.5. The van der Waals surface area contributed by atoms with Gasteiger partial charge in [-0.05, 0) is 42.7 Å². The van der Waals surface area contributed by atoms with Gasteiger partial charge in [0.05, 0.1) is 13.2 Å². The van der Waals surface area contributed by atoms with Gasteiger partial charge in [-0.3, -0.25) is 4.79 Å². The van der Waals surface area contributed by atoms with E-state index in [4.69, 9.17) is 9.15 Å². The number of hydrogen-bond donors (Lipinski definition) is 0. The summed E-state index contributed by atoms with van der Waals surface area (Å²) in [6.07, 6.45) is 3.92. The second-order valence-corrected chi connectivity index (χ2v) is 7.12. The first-order valence-corrected chi connectivity index (χ1v) is 9.65. The van der Waals surface area contributed by atoms with Crippen LogP contribution in [0.5, 0.6) is 5.75 Å². The molecule has 1 amide bonds. The predicted molar refractivity (Wildman–Crippen MR) is 108 cm³/mol. The van der Waals surface area contributed by atoms with Crippen LogP contribution in [0.4, 0.5) is 0 Å². The molecule has 1 saturated heterocycles. The van der Waals surface area contributed by atoms with Crippen LogP contribution < -0.4 is 10.4 Å². The molecule has 1 fully saturated rings. The average Bonchev–Trinajstić information content (AvgIpc) is 2.99. The maximum Gasteiger partial charge on any atom is 0.349 e. The highest BCUT2D eigenvalue weighted by atomic mass is 16.5. The van der Waals surface area contributed by atoms with Crippen LogP contribution in [0, 0.1) is 0 Å². The molecule has 0 spiro atoms. The lowest BCUT2D eigenvalue weighted by molar-refractivity contribution is 0.0676. The quantitative estimate of drug-likeness (QED) is 0.628. The summed E-state index contributed by atoms with van der Waals surface area (Å²) in [6.45, 7) is 0.627. The van der Waals surface area contributed by atoms with Gasteiger partial charge in [0.15, 0.2) is 0 Å².